The van der Waals surface area contributed by atoms with Gasteiger partial charge >= 0.3 is 0 Å². The van der Waals surface area contributed by atoms with Crippen molar-refractivity contribution in [3.63, 3.8) is 0 Å². The molecule has 0 bridgehead atoms. The Morgan fingerprint density at radius 1 is 1.50 bits per heavy atom. The number of hydrogen-bond donors (Lipinski definition) is 3. The third kappa shape index (κ3) is 4.43. The van der Waals surface area contributed by atoms with E-state index in [1.165, 1.54) is 0 Å². The van der Waals surface area contributed by atoms with Gasteiger partial charge in [-0.15, -0.1) is 0 Å². The van der Waals surface area contributed by atoms with Crippen molar-refractivity contribution in [2.45, 2.75) is 13.8 Å². The van der Waals surface area contributed by atoms with E-state index in [0.29, 0.717) is 34.9 Å². The van der Waals surface area contributed by atoms with Gasteiger partial charge in [-0.3, -0.25) is 10.4 Å². The van der Waals surface area contributed by atoms with E-state index in [9.17, 15) is 0 Å². The minimum atomic E-state index is 0.455. The average Bonchev–Trinajstić information content (AvgIpc) is 2.36. The summed E-state index contributed by atoms with van der Waals surface area (Å²) in [5.41, 5.74) is 3.20. The second-order valence-corrected chi connectivity index (χ2v) is 4.61. The van der Waals surface area contributed by atoms with Crippen molar-refractivity contribution in [2.24, 2.45) is 16.8 Å². The van der Waals surface area contributed by atoms with Crippen molar-refractivity contribution in [3.8, 4) is 5.75 Å². The highest BCUT2D eigenvalue weighted by Gasteiger charge is 2.05. The van der Waals surface area contributed by atoms with Gasteiger partial charge < -0.3 is 10.1 Å². The molecule has 0 amide bonds. The molecule has 0 aromatic heterocycles. The van der Waals surface area contributed by atoms with Crippen LogP contribution in [-0.2, 0) is 0 Å². The number of nitrogens with two attached hydrogens (primary N) is 1. The quantitative estimate of drug-likeness (QED) is 0.340. The molecule has 0 aliphatic heterocycles. The van der Waals surface area contributed by atoms with E-state index >= 15 is 0 Å². The van der Waals surface area contributed by atoms with Gasteiger partial charge in [-0.2, -0.15) is 0 Å². The van der Waals surface area contributed by atoms with Gasteiger partial charge in [-0.1, -0.05) is 25.4 Å². The van der Waals surface area contributed by atoms with Crippen molar-refractivity contribution >= 4 is 23.2 Å². The molecule has 0 radical (unpaired) electrons. The second kappa shape index (κ2) is 7.08. The first kappa shape index (κ1) is 14.6. The number of methoxy groups -OCH3 is 1. The number of anilines is 1. The van der Waals surface area contributed by atoms with Gasteiger partial charge in [0.1, 0.15) is 5.75 Å². The number of halogens is 1. The van der Waals surface area contributed by atoms with Gasteiger partial charge in [-0.05, 0) is 18.1 Å². The summed E-state index contributed by atoms with van der Waals surface area (Å²) >= 11 is 6.08. The van der Waals surface area contributed by atoms with Crippen LogP contribution in [-0.4, -0.2) is 19.6 Å². The average molecular weight is 271 g/mol. The Labute approximate surface area is 112 Å². The van der Waals surface area contributed by atoms with Crippen LogP contribution in [0.5, 0.6) is 5.75 Å². The molecule has 5 nitrogen and oxygen atoms in total. The first-order valence-corrected chi connectivity index (χ1v) is 6.06. The zero-order chi connectivity index (χ0) is 13.5. The summed E-state index contributed by atoms with van der Waals surface area (Å²) in [6, 6.07) is 5.32. The summed E-state index contributed by atoms with van der Waals surface area (Å²) in [7, 11) is 1.60. The predicted molar refractivity (Wildman–Crippen MR) is 76.1 cm³/mol. The zero-order valence-corrected chi connectivity index (χ0v) is 11.6. The number of ether oxygens (including phenoxy) is 1. The van der Waals surface area contributed by atoms with Crippen molar-refractivity contribution in [3.05, 3.63) is 23.2 Å². The van der Waals surface area contributed by atoms with E-state index in [-0.39, 0.29) is 0 Å². The van der Waals surface area contributed by atoms with Crippen LogP contribution in [0, 0.1) is 5.92 Å². The third-order valence-electron chi connectivity index (χ3n) is 2.18. The normalized spacial score (nSPS) is 11.6. The van der Waals surface area contributed by atoms with E-state index in [1.54, 1.807) is 25.3 Å². The number of nitrogens with zero attached hydrogens (tertiary/aromatic N) is 1. The van der Waals surface area contributed by atoms with Gasteiger partial charge in [0.15, 0.2) is 0 Å². The Morgan fingerprint density at radius 2 is 2.22 bits per heavy atom. The summed E-state index contributed by atoms with van der Waals surface area (Å²) in [4.78, 5) is 4.30. The fourth-order valence-corrected chi connectivity index (χ4v) is 1.41. The van der Waals surface area contributed by atoms with Gasteiger partial charge in [0.05, 0.1) is 17.8 Å². The summed E-state index contributed by atoms with van der Waals surface area (Å²) in [6.07, 6.45) is 0. The number of nitrogens with one attached hydrogen (secondary N) is 2. The summed E-state index contributed by atoms with van der Waals surface area (Å²) in [5, 5.41) is 3.60. The van der Waals surface area contributed by atoms with Crippen LogP contribution < -0.4 is 21.3 Å². The number of guanidine groups is 1. The molecule has 1 rings (SSSR count). The van der Waals surface area contributed by atoms with Gasteiger partial charge in [0, 0.05) is 12.6 Å². The molecule has 0 aliphatic rings. The van der Waals surface area contributed by atoms with E-state index in [1.807, 2.05) is 0 Å². The highest BCUT2D eigenvalue weighted by Crippen LogP contribution is 2.26. The largest absolute Gasteiger partial charge is 0.497 e. The lowest BCUT2D eigenvalue weighted by atomic mass is 10.2. The summed E-state index contributed by atoms with van der Waals surface area (Å²) < 4.78 is 5.13. The van der Waals surface area contributed by atoms with E-state index < -0.39 is 0 Å². The third-order valence-corrected chi connectivity index (χ3v) is 2.51. The van der Waals surface area contributed by atoms with Gasteiger partial charge in [0.25, 0.3) is 0 Å². The topological polar surface area (TPSA) is 71.7 Å². The van der Waals surface area contributed by atoms with E-state index in [4.69, 9.17) is 22.2 Å². The fraction of sp³-hybridized carbons (Fsp3) is 0.417. The molecule has 18 heavy (non-hydrogen) atoms. The molecule has 100 valence electrons. The molecule has 0 saturated heterocycles. The van der Waals surface area contributed by atoms with Crippen LogP contribution in [0.4, 0.5) is 5.69 Å². The lowest BCUT2D eigenvalue weighted by Crippen LogP contribution is -2.36. The molecule has 6 heteroatoms. The molecular weight excluding hydrogens is 252 g/mol. The van der Waals surface area contributed by atoms with Crippen molar-refractivity contribution < 1.29 is 4.74 Å². The Balaban J connectivity index is 2.84. The van der Waals surface area contributed by atoms with Crippen LogP contribution in [0.2, 0.25) is 5.02 Å². The number of aliphatic imine (C=N–C) groups is 1. The number of hydrazine groups is 1. The van der Waals surface area contributed by atoms with Crippen molar-refractivity contribution in [2.75, 3.05) is 19.0 Å². The molecule has 0 spiro atoms. The second-order valence-electron chi connectivity index (χ2n) is 4.20. The molecule has 0 fully saturated rings. The highest BCUT2D eigenvalue weighted by molar-refractivity contribution is 6.33. The molecule has 0 heterocycles. The van der Waals surface area contributed by atoms with Crippen LogP contribution in [0.25, 0.3) is 0 Å². The SMILES string of the molecule is COc1ccc(Cl)c(NC(=NCC(C)C)NN)c1. The molecule has 0 aliphatic carbocycles. The molecular formula is C12H19ClN4O. The minimum Gasteiger partial charge on any atom is -0.497 e. The Kier molecular flexibility index (Phi) is 5.74. The highest BCUT2D eigenvalue weighted by atomic mass is 35.5. The molecule has 0 saturated carbocycles. The number of rotatable bonds is 4. The minimum absolute atomic E-state index is 0.455. The number of benzene rings is 1. The Morgan fingerprint density at radius 3 is 2.78 bits per heavy atom. The Hall–Kier alpha value is -1.46. The van der Waals surface area contributed by atoms with Crippen LogP contribution in [0.1, 0.15) is 13.8 Å². The number of hydrogen-bond acceptors (Lipinski definition) is 3. The molecule has 1 aromatic carbocycles. The maximum atomic E-state index is 6.08. The zero-order valence-electron chi connectivity index (χ0n) is 10.8. The van der Waals surface area contributed by atoms with Gasteiger partial charge in [-0.25, -0.2) is 5.84 Å². The monoisotopic (exact) mass is 270 g/mol. The van der Waals surface area contributed by atoms with E-state index in [2.05, 4.69) is 29.6 Å². The molecule has 1 aromatic rings. The standard InChI is InChI=1S/C12H19ClN4O/c1-8(2)7-15-12(17-14)16-11-6-9(18-3)4-5-10(11)13/h4-6,8H,7,14H2,1-3H3,(H2,15,16,17). The maximum Gasteiger partial charge on any atom is 0.210 e. The fourth-order valence-electron chi connectivity index (χ4n) is 1.25. The Bertz CT molecular complexity index is 421. The van der Waals surface area contributed by atoms with E-state index in [0.717, 1.165) is 0 Å². The summed E-state index contributed by atoms with van der Waals surface area (Å²) in [6.45, 7) is 4.83. The lowest BCUT2D eigenvalue weighted by Gasteiger charge is -2.12. The molecule has 0 atom stereocenters. The molecule has 4 N–H and O–H groups in total. The van der Waals surface area contributed by atoms with Crippen LogP contribution in [0.3, 0.4) is 0 Å². The van der Waals surface area contributed by atoms with Crippen LogP contribution >= 0.6 is 11.6 Å². The maximum absolute atomic E-state index is 6.08. The first-order chi connectivity index (χ1) is 8.56. The van der Waals surface area contributed by atoms with Gasteiger partial charge in [0.2, 0.25) is 5.96 Å². The van der Waals surface area contributed by atoms with Crippen molar-refractivity contribution in [1.29, 1.82) is 0 Å². The lowest BCUT2D eigenvalue weighted by molar-refractivity contribution is 0.415. The predicted octanol–water partition coefficient (Wildman–Crippen LogP) is 2.24. The first-order valence-electron chi connectivity index (χ1n) is 5.68. The van der Waals surface area contributed by atoms with Crippen LogP contribution in [0.15, 0.2) is 23.2 Å². The smallest absolute Gasteiger partial charge is 0.210 e. The molecule has 0 unspecified atom stereocenters. The van der Waals surface area contributed by atoms with Crippen molar-refractivity contribution in [1.82, 2.24) is 5.43 Å². The summed E-state index contributed by atoms with van der Waals surface area (Å²) in [5.74, 6) is 7.05.